The van der Waals surface area contributed by atoms with Gasteiger partial charge in [-0.2, -0.15) is 4.58 Å². The largest absolute Gasteiger partial charge is 0.344 e. The van der Waals surface area contributed by atoms with Gasteiger partial charge in [-0.3, -0.25) is 0 Å². The van der Waals surface area contributed by atoms with Crippen LogP contribution < -0.4 is 4.90 Å². The lowest BCUT2D eigenvalue weighted by atomic mass is 9.80. The van der Waals surface area contributed by atoms with Crippen LogP contribution in [0.4, 0.5) is 11.4 Å². The van der Waals surface area contributed by atoms with Crippen LogP contribution in [0.25, 0.3) is 0 Å². The van der Waals surface area contributed by atoms with Crippen molar-refractivity contribution in [1.82, 2.24) is 0 Å². The van der Waals surface area contributed by atoms with Crippen LogP contribution in [-0.4, -0.2) is 23.4 Å². The molecule has 7 rings (SSSR count). The molecule has 0 bridgehead atoms. The normalized spacial score (nSPS) is 17.4. The fraction of sp³-hybridized carbons (Fsp3) is 0.500. The van der Waals surface area contributed by atoms with Crippen molar-refractivity contribution >= 4 is 40.3 Å². The highest BCUT2D eigenvalue weighted by Gasteiger charge is 2.45. The molecule has 0 saturated heterocycles. The Morgan fingerprint density at radius 2 is 1.06 bits per heavy atom. The molecule has 0 unspecified atom stereocenters. The van der Waals surface area contributed by atoms with Gasteiger partial charge in [0.1, 0.15) is 6.54 Å². The Morgan fingerprint density at radius 3 is 1.63 bits per heavy atom. The molecule has 0 saturated carbocycles. The van der Waals surface area contributed by atoms with Crippen molar-refractivity contribution in [3.05, 3.63) is 176 Å². The van der Waals surface area contributed by atoms with Crippen LogP contribution in [0.1, 0.15) is 211 Å². The van der Waals surface area contributed by atoms with Gasteiger partial charge in [-0.05, 0) is 109 Å². The van der Waals surface area contributed by atoms with E-state index in [9.17, 15) is 0 Å². The monoisotopic (exact) mass is 978 g/mol. The number of unbranched alkanes of at least 4 members (excludes halogenated alkanes) is 18. The van der Waals surface area contributed by atoms with Crippen LogP contribution in [-0.2, 0) is 10.8 Å². The summed E-state index contributed by atoms with van der Waals surface area (Å²) in [4.78, 5) is 2.63. The molecular formula is C66H87Cl2N2+. The van der Waals surface area contributed by atoms with Crippen molar-refractivity contribution in [1.29, 1.82) is 0 Å². The maximum atomic E-state index is 6.76. The molecule has 2 aliphatic heterocycles. The Hall–Kier alpha value is -4.11. The van der Waals surface area contributed by atoms with Crippen LogP contribution in [0.3, 0.4) is 0 Å². The van der Waals surface area contributed by atoms with Crippen molar-refractivity contribution in [2.75, 3.05) is 18.0 Å². The first-order valence-electron chi connectivity index (χ1n) is 28.0. The van der Waals surface area contributed by atoms with E-state index in [4.69, 9.17) is 23.2 Å². The van der Waals surface area contributed by atoms with Crippen molar-refractivity contribution in [3.63, 3.8) is 0 Å². The van der Waals surface area contributed by atoms with Gasteiger partial charge in [0.25, 0.3) is 0 Å². The van der Waals surface area contributed by atoms with E-state index in [1.807, 2.05) is 0 Å². The van der Waals surface area contributed by atoms with Crippen molar-refractivity contribution in [3.8, 4) is 0 Å². The van der Waals surface area contributed by atoms with Crippen molar-refractivity contribution in [2.24, 2.45) is 0 Å². The van der Waals surface area contributed by atoms with Gasteiger partial charge < -0.3 is 4.90 Å². The molecule has 70 heavy (non-hydrogen) atoms. The second kappa shape index (κ2) is 26.5. The van der Waals surface area contributed by atoms with Gasteiger partial charge in [-0.25, -0.2) is 0 Å². The van der Waals surface area contributed by atoms with Crippen LogP contribution in [0, 0.1) is 0 Å². The van der Waals surface area contributed by atoms with Gasteiger partial charge in [-0.1, -0.05) is 233 Å². The summed E-state index contributed by atoms with van der Waals surface area (Å²) in [5.41, 5.74) is 14.6. The smallest absolute Gasteiger partial charge is 0.209 e. The minimum Gasteiger partial charge on any atom is -0.344 e. The predicted molar refractivity (Wildman–Crippen MR) is 306 cm³/mol. The molecule has 0 radical (unpaired) electrons. The third-order valence-corrected chi connectivity index (χ3v) is 16.4. The lowest BCUT2D eigenvalue weighted by Gasteiger charge is -2.27. The third-order valence-electron chi connectivity index (χ3n) is 16.0. The minimum atomic E-state index is -0.181. The van der Waals surface area contributed by atoms with E-state index in [0.717, 1.165) is 36.0 Å². The Balaban J connectivity index is 1.22. The van der Waals surface area contributed by atoms with Gasteiger partial charge in [0, 0.05) is 63.4 Å². The summed E-state index contributed by atoms with van der Waals surface area (Å²) < 4.78 is 2.63. The first kappa shape index (κ1) is 53.7. The number of allylic oxidation sites excluding steroid dienone is 8. The lowest BCUT2D eigenvalue weighted by molar-refractivity contribution is -0.438. The van der Waals surface area contributed by atoms with E-state index < -0.39 is 0 Å². The highest BCUT2D eigenvalue weighted by atomic mass is 35.5. The number of hydrogen-bond acceptors (Lipinski definition) is 1. The summed E-state index contributed by atoms with van der Waals surface area (Å²) in [6, 6.07) is 35.6. The summed E-state index contributed by atoms with van der Waals surface area (Å²) in [6.45, 7) is 16.2. The summed E-state index contributed by atoms with van der Waals surface area (Å²) in [7, 11) is 0. The second-order valence-corrected chi connectivity index (χ2v) is 22.8. The van der Waals surface area contributed by atoms with Gasteiger partial charge in [0.15, 0.2) is 5.71 Å². The molecule has 374 valence electrons. The number of anilines is 1. The van der Waals surface area contributed by atoms with E-state index in [1.165, 1.54) is 190 Å². The topological polar surface area (TPSA) is 6.25 Å². The first-order valence-corrected chi connectivity index (χ1v) is 28.8. The number of halogens is 2. The molecule has 4 heteroatoms. The number of rotatable bonds is 28. The predicted octanol–water partition coefficient (Wildman–Crippen LogP) is 20.3. The van der Waals surface area contributed by atoms with E-state index in [1.54, 1.807) is 0 Å². The molecule has 2 nitrogen and oxygen atoms in total. The Morgan fingerprint density at radius 1 is 0.543 bits per heavy atom. The molecule has 0 fully saturated rings. The molecular weight excluding hydrogens is 892 g/mol. The highest BCUT2D eigenvalue weighted by molar-refractivity contribution is 6.31. The second-order valence-electron chi connectivity index (χ2n) is 21.9. The molecule has 3 aliphatic rings. The summed E-state index contributed by atoms with van der Waals surface area (Å²) in [6.07, 6.45) is 38.7. The zero-order chi connectivity index (χ0) is 49.4. The Bertz CT molecular complexity index is 2410. The molecule has 0 spiro atoms. The number of nitrogens with zero attached hydrogens (tertiary/aromatic N) is 2. The SMILES string of the molecule is CCCCCCCCCCCCN1C(=CC=C2CCC(C=CC3=[N+](CCCCCCCCCCCC)c4ccc(Cl)cc4C3(C)C)=C2C(c2ccccc2)c2ccccc2)C(C)(C)c2cc(Cl)ccc21. The summed E-state index contributed by atoms with van der Waals surface area (Å²) in [5, 5.41) is 1.63. The van der Waals surface area contributed by atoms with Gasteiger partial charge >= 0.3 is 0 Å². The molecule has 0 aromatic heterocycles. The maximum Gasteiger partial charge on any atom is 0.209 e. The van der Waals surface area contributed by atoms with E-state index >= 15 is 0 Å². The van der Waals surface area contributed by atoms with E-state index in [0.29, 0.717) is 0 Å². The number of hydrogen-bond donors (Lipinski definition) is 0. The standard InChI is InChI=1S/C66H87Cl2N2/c1-7-9-11-13-15-17-19-21-23-31-47-69-59-43-41-55(67)49-57(59)65(3,4)61(69)45-39-53-37-38-54(64(53)63(51-33-27-25-28-34-51)52-35-29-26-30-36-52)40-46-62-66(5,6)58-50-56(68)42-44-60(58)70(62)48-32-24-22-20-18-16-14-12-10-8-2/h25-30,33-36,39-46,49-50,63H,7-24,31-32,37-38,47-48H2,1-6H3/q+1. The van der Waals surface area contributed by atoms with Gasteiger partial charge in [0.05, 0.1) is 5.41 Å². The van der Waals surface area contributed by atoms with Gasteiger partial charge in [-0.15, -0.1) is 0 Å². The average Bonchev–Trinajstić information content (AvgIpc) is 3.92. The van der Waals surface area contributed by atoms with Crippen LogP contribution in [0.2, 0.25) is 10.0 Å². The first-order chi connectivity index (χ1) is 34.1. The highest BCUT2D eigenvalue weighted by Crippen LogP contribution is 2.50. The molecule has 0 N–H and O–H groups in total. The zero-order valence-corrected chi connectivity index (χ0v) is 45.8. The molecule has 0 atom stereocenters. The van der Waals surface area contributed by atoms with E-state index in [-0.39, 0.29) is 16.7 Å². The fourth-order valence-electron chi connectivity index (χ4n) is 11.9. The number of fused-ring (bicyclic) bond motifs is 2. The van der Waals surface area contributed by atoms with E-state index in [2.05, 4.69) is 172 Å². The van der Waals surface area contributed by atoms with Crippen LogP contribution in [0.15, 0.2) is 144 Å². The van der Waals surface area contributed by atoms with Crippen molar-refractivity contribution < 1.29 is 4.58 Å². The van der Waals surface area contributed by atoms with Gasteiger partial charge in [0.2, 0.25) is 5.69 Å². The lowest BCUT2D eigenvalue weighted by Crippen LogP contribution is -2.28. The Labute approximate surface area is 436 Å². The molecule has 2 heterocycles. The Kier molecular flexibility index (Phi) is 20.4. The fourth-order valence-corrected chi connectivity index (χ4v) is 12.3. The summed E-state index contributed by atoms with van der Waals surface area (Å²) in [5.74, 6) is 0.102. The van der Waals surface area contributed by atoms with Crippen LogP contribution in [0.5, 0.6) is 0 Å². The molecule has 0 amide bonds. The molecule has 4 aromatic carbocycles. The minimum absolute atomic E-state index is 0.102. The van der Waals surface area contributed by atoms with Crippen molar-refractivity contribution in [2.45, 2.75) is 200 Å². The molecule has 4 aromatic rings. The van der Waals surface area contributed by atoms with Crippen LogP contribution >= 0.6 is 23.2 Å². The molecule has 1 aliphatic carbocycles. The summed E-state index contributed by atoms with van der Waals surface area (Å²) >= 11 is 13.5. The zero-order valence-electron chi connectivity index (χ0n) is 44.2. The quantitative estimate of drug-likeness (QED) is 0.0406. The third kappa shape index (κ3) is 13.5. The maximum absolute atomic E-state index is 6.76. The number of benzene rings is 4. The average molecular weight is 979 g/mol.